The van der Waals surface area contributed by atoms with Crippen LogP contribution in [0.1, 0.15) is 37.8 Å². The second kappa shape index (κ2) is 10.6. The lowest BCUT2D eigenvalue weighted by Crippen LogP contribution is -2.41. The van der Waals surface area contributed by atoms with Crippen molar-refractivity contribution >= 4 is 40.4 Å². The molecule has 40 heavy (non-hydrogen) atoms. The number of carbonyl (C=O) groups excluding carboxylic acids is 2. The molecular weight excluding hydrogens is 516 g/mol. The molecule has 194 valence electrons. The number of ketones is 2. The van der Waals surface area contributed by atoms with Crippen molar-refractivity contribution in [3.05, 3.63) is 169 Å². The second-order valence-corrected chi connectivity index (χ2v) is 10.4. The van der Waals surface area contributed by atoms with Gasteiger partial charge < -0.3 is 5.73 Å². The molecule has 2 N–H and O–H groups in total. The Morgan fingerprint density at radius 2 is 1.15 bits per heavy atom. The molecule has 6 heteroatoms. The van der Waals surface area contributed by atoms with Gasteiger partial charge in [0.05, 0.1) is 10.1 Å². The summed E-state index contributed by atoms with van der Waals surface area (Å²) < 4.78 is 2.19. The van der Waals surface area contributed by atoms with Gasteiger partial charge in [-0.2, -0.15) is 0 Å². The van der Waals surface area contributed by atoms with E-state index in [4.69, 9.17) is 5.73 Å². The lowest BCUT2D eigenvalue weighted by molar-refractivity contribution is 0.102. The van der Waals surface area contributed by atoms with Gasteiger partial charge in [0.25, 0.3) is 5.56 Å². The maximum absolute atomic E-state index is 14.3. The quantitative estimate of drug-likeness (QED) is 0.320. The van der Waals surface area contributed by atoms with Gasteiger partial charge in [-0.1, -0.05) is 121 Å². The van der Waals surface area contributed by atoms with Crippen molar-refractivity contribution in [2.75, 3.05) is 0 Å². The number of aromatic nitrogens is 1. The minimum absolute atomic E-state index is 0.0382. The summed E-state index contributed by atoms with van der Waals surface area (Å²) in [6, 6.07) is 36.6. The minimum atomic E-state index is -0.774. The highest BCUT2D eigenvalue weighted by atomic mass is 32.1. The number of thiazole rings is 1. The Balaban J connectivity index is 1.73. The molecule has 1 unspecified atom stereocenters. The van der Waals surface area contributed by atoms with Gasteiger partial charge >= 0.3 is 0 Å². The second-order valence-electron chi connectivity index (χ2n) is 9.41. The molecule has 0 radical (unpaired) electrons. The van der Waals surface area contributed by atoms with Gasteiger partial charge in [-0.25, -0.2) is 0 Å². The number of nitrogens with two attached hydrogens (primary N) is 1. The molecule has 1 aromatic heterocycles. The highest BCUT2D eigenvalue weighted by molar-refractivity contribution is 7.07. The average molecular weight is 541 g/mol. The first kappa shape index (κ1) is 25.2. The van der Waals surface area contributed by atoms with E-state index in [9.17, 15) is 14.4 Å². The van der Waals surface area contributed by atoms with Crippen LogP contribution in [-0.2, 0) is 0 Å². The number of nitrogens with zero attached hydrogens (tertiary/aromatic N) is 1. The summed E-state index contributed by atoms with van der Waals surface area (Å²) in [5.41, 5.74) is 9.41. The van der Waals surface area contributed by atoms with E-state index in [0.29, 0.717) is 25.9 Å². The number of allylic oxidation sites excluding steroid dienone is 1. The maximum Gasteiger partial charge on any atom is 0.274 e. The van der Waals surface area contributed by atoms with E-state index >= 15 is 0 Å². The van der Waals surface area contributed by atoms with Crippen molar-refractivity contribution in [1.82, 2.24) is 4.57 Å². The van der Waals surface area contributed by atoms with Crippen LogP contribution in [0.15, 0.2) is 132 Å². The molecule has 5 nitrogen and oxygen atoms in total. The van der Waals surface area contributed by atoms with E-state index < -0.39 is 5.92 Å². The van der Waals surface area contributed by atoms with Crippen LogP contribution in [0.2, 0.25) is 0 Å². The summed E-state index contributed by atoms with van der Waals surface area (Å²) in [5.74, 6) is -1.33. The van der Waals surface area contributed by atoms with Crippen molar-refractivity contribution < 1.29 is 9.59 Å². The molecule has 0 fully saturated rings. The van der Waals surface area contributed by atoms with Crippen molar-refractivity contribution in [2.45, 2.75) is 5.92 Å². The third-order valence-electron chi connectivity index (χ3n) is 6.94. The molecule has 1 aliphatic rings. The molecule has 4 aromatic carbocycles. The first-order valence-electron chi connectivity index (χ1n) is 12.8. The highest BCUT2D eigenvalue weighted by Crippen LogP contribution is 2.39. The monoisotopic (exact) mass is 540 g/mol. The summed E-state index contributed by atoms with van der Waals surface area (Å²) in [7, 11) is 0. The molecule has 0 spiro atoms. The number of fused-ring (bicyclic) bond motifs is 1. The lowest BCUT2D eigenvalue weighted by atomic mass is 9.77. The molecule has 1 aliphatic heterocycles. The van der Waals surface area contributed by atoms with Crippen LogP contribution in [0.5, 0.6) is 0 Å². The van der Waals surface area contributed by atoms with Gasteiger partial charge in [0.2, 0.25) is 0 Å². The van der Waals surface area contributed by atoms with E-state index in [1.165, 1.54) is 15.9 Å². The Kier molecular flexibility index (Phi) is 6.68. The number of carbonyl (C=O) groups is 2. The summed E-state index contributed by atoms with van der Waals surface area (Å²) in [5, 5.41) is 0. The van der Waals surface area contributed by atoms with Crippen LogP contribution >= 0.6 is 11.3 Å². The zero-order valence-corrected chi connectivity index (χ0v) is 22.2. The average Bonchev–Trinajstić information content (AvgIpc) is 3.33. The third-order valence-corrected chi connectivity index (χ3v) is 8.05. The molecule has 5 aromatic rings. The zero-order valence-electron chi connectivity index (χ0n) is 21.4. The summed E-state index contributed by atoms with van der Waals surface area (Å²) >= 11 is 1.21. The Hall–Kier alpha value is -5.07. The van der Waals surface area contributed by atoms with E-state index in [0.717, 1.165) is 11.1 Å². The molecular formula is C34H24N2O3S. The standard InChI is InChI=1S/C34H24N2O3S/c35-32-28(30(37)24-17-9-3-10-18-24)27(23-15-7-2-8-16-23)29(31(38)25-19-11-4-12-20-25)34-36(32)33(39)26(40-34)21-22-13-5-1-6-14-22/h1-21,27H,35H2/b26-21+. The van der Waals surface area contributed by atoms with E-state index in [1.54, 1.807) is 54.6 Å². The molecule has 0 bridgehead atoms. The smallest absolute Gasteiger partial charge is 0.274 e. The first-order chi connectivity index (χ1) is 19.5. The minimum Gasteiger partial charge on any atom is -0.384 e. The molecule has 1 atom stereocenters. The molecule has 2 heterocycles. The fourth-order valence-corrected chi connectivity index (χ4v) is 6.24. The van der Waals surface area contributed by atoms with Gasteiger partial charge in [0, 0.05) is 22.6 Å². The van der Waals surface area contributed by atoms with Gasteiger partial charge in [-0.15, -0.1) is 11.3 Å². The van der Waals surface area contributed by atoms with Crippen LogP contribution in [0.4, 0.5) is 0 Å². The Morgan fingerprint density at radius 1 is 0.675 bits per heavy atom. The fourth-order valence-electron chi connectivity index (χ4n) is 5.06. The Bertz CT molecular complexity index is 1940. The number of Topliss-reactive ketones (excluding diaryl/α,β-unsaturated/α-hetero) is 2. The molecule has 0 amide bonds. The zero-order chi connectivity index (χ0) is 27.6. The van der Waals surface area contributed by atoms with Gasteiger partial charge in [-0.05, 0) is 17.2 Å². The van der Waals surface area contributed by atoms with Gasteiger partial charge in [-0.3, -0.25) is 19.0 Å². The van der Waals surface area contributed by atoms with E-state index in [2.05, 4.69) is 0 Å². The van der Waals surface area contributed by atoms with Gasteiger partial charge in [0.15, 0.2) is 11.6 Å². The topological polar surface area (TPSA) is 82.2 Å². The number of benzene rings is 4. The highest BCUT2D eigenvalue weighted by Gasteiger charge is 2.38. The molecule has 0 aliphatic carbocycles. The van der Waals surface area contributed by atoms with E-state index in [-0.39, 0.29) is 28.5 Å². The van der Waals surface area contributed by atoms with Crippen molar-refractivity contribution in [3.8, 4) is 0 Å². The Labute approximate surface area is 234 Å². The summed E-state index contributed by atoms with van der Waals surface area (Å²) in [6.45, 7) is 0. The molecule has 0 saturated heterocycles. The Morgan fingerprint density at radius 3 is 1.70 bits per heavy atom. The van der Waals surface area contributed by atoms with Gasteiger partial charge in [0.1, 0.15) is 10.5 Å². The largest absolute Gasteiger partial charge is 0.384 e. The van der Waals surface area contributed by atoms with Crippen LogP contribution in [0.3, 0.4) is 0 Å². The number of rotatable bonds is 6. The number of hydrogen-bond donors (Lipinski definition) is 1. The fraction of sp³-hybridized carbons (Fsp3) is 0.0294. The van der Waals surface area contributed by atoms with Crippen LogP contribution in [0, 0.1) is 0 Å². The third kappa shape index (κ3) is 4.44. The lowest BCUT2D eigenvalue weighted by Gasteiger charge is -2.28. The molecule has 6 rings (SSSR count). The van der Waals surface area contributed by atoms with Crippen LogP contribution in [0.25, 0.3) is 17.5 Å². The van der Waals surface area contributed by atoms with Crippen LogP contribution in [-0.4, -0.2) is 16.1 Å². The van der Waals surface area contributed by atoms with Crippen molar-refractivity contribution in [3.63, 3.8) is 0 Å². The maximum atomic E-state index is 14.3. The normalized spacial score (nSPS) is 15.2. The number of hydrogen-bond acceptors (Lipinski definition) is 5. The van der Waals surface area contributed by atoms with E-state index in [1.807, 2.05) is 72.8 Å². The van der Waals surface area contributed by atoms with Crippen molar-refractivity contribution in [1.29, 1.82) is 0 Å². The summed E-state index contributed by atoms with van der Waals surface area (Å²) in [6.07, 6.45) is 1.78. The van der Waals surface area contributed by atoms with Crippen LogP contribution < -0.4 is 20.5 Å². The molecule has 0 saturated carbocycles. The summed E-state index contributed by atoms with van der Waals surface area (Å²) in [4.78, 5) is 42.3. The first-order valence-corrected chi connectivity index (χ1v) is 13.6. The predicted molar refractivity (Wildman–Crippen MR) is 159 cm³/mol. The predicted octanol–water partition coefficient (Wildman–Crippen LogP) is 4.58. The van der Waals surface area contributed by atoms with Crippen molar-refractivity contribution in [2.24, 2.45) is 5.73 Å². The SMILES string of the molecule is NC1=C(C(=O)c2ccccc2)C(c2ccccc2)C(C(=O)c2ccccc2)=c2s/c(=C/c3ccccc3)c(=O)n21.